The number of Topliss-reactive ketones (excluding diaryl/α,β-unsaturated/α-hetero) is 1. The van der Waals surface area contributed by atoms with E-state index in [0.29, 0.717) is 11.3 Å². The number of hydrogen-bond donors (Lipinski definition) is 1. The Hall–Kier alpha value is -2.51. The number of carbonyl (C=O) groups excluding carboxylic acids is 2. The molecule has 0 saturated heterocycles. The molecule has 0 heterocycles. The summed E-state index contributed by atoms with van der Waals surface area (Å²) in [5.41, 5.74) is 3.66. The van der Waals surface area contributed by atoms with Gasteiger partial charge in [-0.1, -0.05) is 18.2 Å². The van der Waals surface area contributed by atoms with Crippen molar-refractivity contribution < 1.29 is 18.0 Å². The first-order valence-corrected chi connectivity index (χ1v) is 10.2. The summed E-state index contributed by atoms with van der Waals surface area (Å²) >= 11 is 0. The lowest BCUT2D eigenvalue weighted by Crippen LogP contribution is -2.35. The number of ketones is 1. The highest BCUT2D eigenvalue weighted by Crippen LogP contribution is 2.25. The molecule has 142 valence electrons. The Labute approximate surface area is 159 Å². The van der Waals surface area contributed by atoms with Crippen LogP contribution in [0.15, 0.2) is 47.4 Å². The third-order valence-corrected chi connectivity index (χ3v) is 6.54. The van der Waals surface area contributed by atoms with Crippen LogP contribution < -0.4 is 5.32 Å². The molecule has 0 saturated carbocycles. The van der Waals surface area contributed by atoms with Gasteiger partial charge in [-0.15, -0.1) is 0 Å². The predicted octanol–water partition coefficient (Wildman–Crippen LogP) is 2.64. The average molecular weight is 386 g/mol. The van der Waals surface area contributed by atoms with Crippen LogP contribution in [0.4, 0.5) is 5.69 Å². The summed E-state index contributed by atoms with van der Waals surface area (Å²) in [6, 6.07) is 11.5. The zero-order valence-electron chi connectivity index (χ0n) is 15.4. The van der Waals surface area contributed by atoms with E-state index in [1.165, 1.54) is 49.4 Å². The average Bonchev–Trinajstić information content (AvgIpc) is 3.09. The number of rotatable bonds is 6. The lowest BCUT2D eigenvalue weighted by atomic mass is 10.1. The van der Waals surface area contributed by atoms with E-state index < -0.39 is 15.9 Å². The number of amides is 1. The van der Waals surface area contributed by atoms with Gasteiger partial charge in [0.1, 0.15) is 0 Å². The number of likely N-dealkylation sites (N-methyl/N-ethyl adjacent to an activating group) is 1. The van der Waals surface area contributed by atoms with E-state index in [2.05, 4.69) is 5.32 Å². The van der Waals surface area contributed by atoms with Crippen LogP contribution in [-0.2, 0) is 27.7 Å². The molecule has 0 spiro atoms. The molecule has 0 unspecified atom stereocenters. The lowest BCUT2D eigenvalue weighted by Gasteiger charge is -2.17. The molecule has 27 heavy (non-hydrogen) atoms. The van der Waals surface area contributed by atoms with Gasteiger partial charge in [-0.05, 0) is 61.6 Å². The zero-order chi connectivity index (χ0) is 19.6. The number of aryl methyl sites for hydroxylation is 2. The Morgan fingerprint density at radius 2 is 1.70 bits per heavy atom. The first-order chi connectivity index (χ1) is 12.8. The van der Waals surface area contributed by atoms with E-state index in [-0.39, 0.29) is 17.2 Å². The maximum Gasteiger partial charge on any atom is 0.243 e. The molecule has 6 nitrogen and oxygen atoms in total. The topological polar surface area (TPSA) is 83.6 Å². The van der Waals surface area contributed by atoms with Crippen LogP contribution in [0.1, 0.15) is 34.8 Å². The number of anilines is 1. The third kappa shape index (κ3) is 4.26. The molecule has 1 amide bonds. The molecular formula is C20H22N2O4S. The number of hydrogen-bond acceptors (Lipinski definition) is 4. The monoisotopic (exact) mass is 386 g/mol. The van der Waals surface area contributed by atoms with Crippen molar-refractivity contribution in [1.82, 2.24) is 4.31 Å². The number of nitrogens with zero attached hydrogens (tertiary/aromatic N) is 1. The number of benzene rings is 2. The molecule has 7 heteroatoms. The minimum absolute atomic E-state index is 0.0420. The van der Waals surface area contributed by atoms with Crippen molar-refractivity contribution in [3.8, 4) is 0 Å². The van der Waals surface area contributed by atoms with Crippen LogP contribution in [-0.4, -0.2) is 38.0 Å². The Morgan fingerprint density at radius 1 is 1.04 bits per heavy atom. The summed E-state index contributed by atoms with van der Waals surface area (Å²) in [5.74, 6) is -0.541. The molecular weight excluding hydrogens is 364 g/mol. The molecule has 0 atom stereocenters. The van der Waals surface area contributed by atoms with Gasteiger partial charge in [0.2, 0.25) is 15.9 Å². The molecule has 0 aromatic heterocycles. The molecule has 0 aliphatic heterocycles. The van der Waals surface area contributed by atoms with Crippen LogP contribution in [0.3, 0.4) is 0 Å². The Bertz CT molecular complexity index is 982. The van der Waals surface area contributed by atoms with Crippen LogP contribution >= 0.6 is 0 Å². The first kappa shape index (κ1) is 19.3. The number of carbonyl (C=O) groups is 2. The fourth-order valence-corrected chi connectivity index (χ4v) is 4.31. The highest BCUT2D eigenvalue weighted by atomic mass is 32.2. The fourth-order valence-electron chi connectivity index (χ4n) is 3.18. The van der Waals surface area contributed by atoms with Crippen LogP contribution in [0.25, 0.3) is 0 Å². The minimum atomic E-state index is -3.82. The predicted molar refractivity (Wildman–Crippen MR) is 103 cm³/mol. The number of sulfonamides is 1. The van der Waals surface area contributed by atoms with Crippen LogP contribution in [0.2, 0.25) is 0 Å². The van der Waals surface area contributed by atoms with Crippen LogP contribution in [0, 0.1) is 0 Å². The Morgan fingerprint density at radius 3 is 2.37 bits per heavy atom. The molecule has 2 aromatic rings. The lowest BCUT2D eigenvalue weighted by molar-refractivity contribution is -0.116. The highest BCUT2D eigenvalue weighted by molar-refractivity contribution is 7.89. The fraction of sp³-hybridized carbons (Fsp3) is 0.300. The van der Waals surface area contributed by atoms with E-state index in [1.54, 1.807) is 0 Å². The quantitative estimate of drug-likeness (QED) is 0.774. The third-order valence-electron chi connectivity index (χ3n) is 4.72. The maximum absolute atomic E-state index is 12.6. The van der Waals surface area contributed by atoms with Crippen molar-refractivity contribution in [2.24, 2.45) is 0 Å². The first-order valence-electron chi connectivity index (χ1n) is 8.76. The van der Waals surface area contributed by atoms with Gasteiger partial charge < -0.3 is 5.32 Å². The SMILES string of the molecule is CC(=O)c1ccc(S(=O)(=O)N(C)CC(=O)Nc2ccc3c(c2)CCC3)cc1. The van der Waals surface area contributed by atoms with Gasteiger partial charge in [0, 0.05) is 18.3 Å². The van der Waals surface area contributed by atoms with Gasteiger partial charge in [-0.3, -0.25) is 9.59 Å². The van der Waals surface area contributed by atoms with Gasteiger partial charge in [-0.25, -0.2) is 8.42 Å². The second-order valence-corrected chi connectivity index (χ2v) is 8.77. The van der Waals surface area contributed by atoms with Gasteiger partial charge in [0.05, 0.1) is 11.4 Å². The number of fused-ring (bicyclic) bond motifs is 1. The van der Waals surface area contributed by atoms with Crippen molar-refractivity contribution >= 4 is 27.4 Å². The molecule has 1 aliphatic carbocycles. The minimum Gasteiger partial charge on any atom is -0.325 e. The van der Waals surface area contributed by atoms with Crippen molar-refractivity contribution in [3.05, 3.63) is 59.2 Å². The van der Waals surface area contributed by atoms with E-state index in [1.807, 2.05) is 18.2 Å². The summed E-state index contributed by atoms with van der Waals surface area (Å²) < 4.78 is 26.2. The molecule has 0 bridgehead atoms. The van der Waals surface area contributed by atoms with Crippen molar-refractivity contribution in [3.63, 3.8) is 0 Å². The summed E-state index contributed by atoms with van der Waals surface area (Å²) in [5, 5.41) is 2.76. The largest absolute Gasteiger partial charge is 0.325 e. The van der Waals surface area contributed by atoms with E-state index in [9.17, 15) is 18.0 Å². The van der Waals surface area contributed by atoms with E-state index in [0.717, 1.165) is 23.6 Å². The summed E-state index contributed by atoms with van der Waals surface area (Å²) in [7, 11) is -2.46. The van der Waals surface area contributed by atoms with Crippen molar-refractivity contribution in [1.29, 1.82) is 0 Å². The number of nitrogens with one attached hydrogen (secondary N) is 1. The molecule has 3 rings (SSSR count). The Kier molecular flexibility index (Phi) is 5.43. The summed E-state index contributed by atoms with van der Waals surface area (Å²) in [6.45, 7) is 1.12. The van der Waals surface area contributed by atoms with Gasteiger partial charge in [0.25, 0.3) is 0 Å². The summed E-state index contributed by atoms with van der Waals surface area (Å²) in [4.78, 5) is 23.6. The van der Waals surface area contributed by atoms with Crippen molar-refractivity contribution in [2.75, 3.05) is 18.9 Å². The summed E-state index contributed by atoms with van der Waals surface area (Å²) in [6.07, 6.45) is 3.19. The second-order valence-electron chi connectivity index (χ2n) is 6.73. The second kappa shape index (κ2) is 7.62. The zero-order valence-corrected chi connectivity index (χ0v) is 16.2. The van der Waals surface area contributed by atoms with Gasteiger partial charge in [0.15, 0.2) is 5.78 Å². The van der Waals surface area contributed by atoms with E-state index in [4.69, 9.17) is 0 Å². The van der Waals surface area contributed by atoms with E-state index >= 15 is 0 Å². The highest BCUT2D eigenvalue weighted by Gasteiger charge is 2.23. The van der Waals surface area contributed by atoms with Gasteiger partial charge >= 0.3 is 0 Å². The normalized spacial score (nSPS) is 13.4. The standard InChI is InChI=1S/C20H22N2O4S/c1-14(23)15-7-10-19(11-8-15)27(25,26)22(2)13-20(24)21-18-9-6-16-4-3-5-17(16)12-18/h6-12H,3-5,13H2,1-2H3,(H,21,24). The Balaban J connectivity index is 1.67. The molecule has 0 fully saturated rings. The molecule has 1 aliphatic rings. The van der Waals surface area contributed by atoms with Crippen LogP contribution in [0.5, 0.6) is 0 Å². The molecule has 0 radical (unpaired) electrons. The maximum atomic E-state index is 12.6. The van der Waals surface area contributed by atoms with Gasteiger partial charge in [-0.2, -0.15) is 4.31 Å². The molecule has 1 N–H and O–H groups in total. The molecule has 2 aromatic carbocycles. The van der Waals surface area contributed by atoms with Crippen molar-refractivity contribution in [2.45, 2.75) is 31.1 Å². The smallest absolute Gasteiger partial charge is 0.243 e.